The van der Waals surface area contributed by atoms with Crippen LogP contribution in [-0.4, -0.2) is 0 Å². The van der Waals surface area contributed by atoms with Gasteiger partial charge in [-0.3, -0.25) is 0 Å². The SMILES string of the molecule is CC(C)(C)c1ccc(OCc2cc(Cl)ccc2Cl)cc1. The van der Waals surface area contributed by atoms with Gasteiger partial charge in [-0.2, -0.15) is 0 Å². The summed E-state index contributed by atoms with van der Waals surface area (Å²) >= 11 is 12.1. The molecule has 0 aromatic heterocycles. The third-order valence-electron chi connectivity index (χ3n) is 3.12. The van der Waals surface area contributed by atoms with Crippen molar-refractivity contribution in [1.82, 2.24) is 0 Å². The molecule has 2 aromatic carbocycles. The number of halogens is 2. The minimum Gasteiger partial charge on any atom is -0.489 e. The van der Waals surface area contributed by atoms with Crippen molar-refractivity contribution in [2.75, 3.05) is 0 Å². The number of hydrogen-bond acceptors (Lipinski definition) is 1. The van der Waals surface area contributed by atoms with Gasteiger partial charge in [0.05, 0.1) is 0 Å². The van der Waals surface area contributed by atoms with Gasteiger partial charge >= 0.3 is 0 Å². The zero-order valence-electron chi connectivity index (χ0n) is 11.9. The van der Waals surface area contributed by atoms with E-state index in [0.717, 1.165) is 11.3 Å². The van der Waals surface area contributed by atoms with Crippen LogP contribution in [0.1, 0.15) is 31.9 Å². The lowest BCUT2D eigenvalue weighted by Crippen LogP contribution is -2.10. The molecule has 0 aliphatic carbocycles. The highest BCUT2D eigenvalue weighted by atomic mass is 35.5. The van der Waals surface area contributed by atoms with Gasteiger partial charge in [-0.05, 0) is 41.3 Å². The fraction of sp³-hybridized carbons (Fsp3) is 0.294. The van der Waals surface area contributed by atoms with Gasteiger partial charge in [0.2, 0.25) is 0 Å². The summed E-state index contributed by atoms with van der Waals surface area (Å²) in [5.74, 6) is 0.828. The van der Waals surface area contributed by atoms with E-state index in [1.165, 1.54) is 5.56 Å². The Labute approximate surface area is 130 Å². The molecule has 0 heterocycles. The van der Waals surface area contributed by atoms with Gasteiger partial charge in [0.1, 0.15) is 12.4 Å². The molecule has 3 heteroatoms. The molecule has 0 spiro atoms. The molecular formula is C17H18Cl2O. The van der Waals surface area contributed by atoms with Crippen LogP contribution < -0.4 is 4.74 Å². The smallest absolute Gasteiger partial charge is 0.119 e. The van der Waals surface area contributed by atoms with Crippen molar-refractivity contribution in [1.29, 1.82) is 0 Å². The quantitative estimate of drug-likeness (QED) is 0.689. The van der Waals surface area contributed by atoms with E-state index in [9.17, 15) is 0 Å². The van der Waals surface area contributed by atoms with E-state index in [0.29, 0.717) is 16.7 Å². The van der Waals surface area contributed by atoms with E-state index in [1.54, 1.807) is 12.1 Å². The Balaban J connectivity index is 2.06. The van der Waals surface area contributed by atoms with Gasteiger partial charge in [0.15, 0.2) is 0 Å². The summed E-state index contributed by atoms with van der Waals surface area (Å²) in [7, 11) is 0. The molecule has 0 radical (unpaired) electrons. The van der Waals surface area contributed by atoms with E-state index >= 15 is 0 Å². The van der Waals surface area contributed by atoms with E-state index in [1.807, 2.05) is 18.2 Å². The van der Waals surface area contributed by atoms with Crippen LogP contribution in [-0.2, 0) is 12.0 Å². The van der Waals surface area contributed by atoms with Crippen molar-refractivity contribution in [3.05, 3.63) is 63.6 Å². The average molecular weight is 309 g/mol. The Kier molecular flexibility index (Phi) is 4.62. The third kappa shape index (κ3) is 3.91. The van der Waals surface area contributed by atoms with E-state index in [-0.39, 0.29) is 5.41 Å². The summed E-state index contributed by atoms with van der Waals surface area (Å²) in [5, 5.41) is 1.33. The lowest BCUT2D eigenvalue weighted by molar-refractivity contribution is 0.306. The molecule has 0 aliphatic heterocycles. The maximum Gasteiger partial charge on any atom is 0.119 e. The Bertz CT molecular complexity index is 583. The maximum absolute atomic E-state index is 6.11. The number of hydrogen-bond donors (Lipinski definition) is 0. The van der Waals surface area contributed by atoms with Crippen molar-refractivity contribution >= 4 is 23.2 Å². The minimum absolute atomic E-state index is 0.148. The van der Waals surface area contributed by atoms with Crippen molar-refractivity contribution in [2.24, 2.45) is 0 Å². The number of rotatable bonds is 3. The fourth-order valence-electron chi connectivity index (χ4n) is 1.87. The second kappa shape index (κ2) is 6.07. The van der Waals surface area contributed by atoms with Crippen LogP contribution in [0.3, 0.4) is 0 Å². The summed E-state index contributed by atoms with van der Waals surface area (Å²) in [4.78, 5) is 0. The maximum atomic E-state index is 6.11. The average Bonchev–Trinajstić information content (AvgIpc) is 2.39. The highest BCUT2D eigenvalue weighted by molar-refractivity contribution is 6.33. The normalized spacial score (nSPS) is 11.4. The van der Waals surface area contributed by atoms with Crippen LogP contribution in [0.15, 0.2) is 42.5 Å². The summed E-state index contributed by atoms with van der Waals surface area (Å²) in [6.07, 6.45) is 0. The summed E-state index contributed by atoms with van der Waals surface area (Å²) in [6.45, 7) is 6.98. The van der Waals surface area contributed by atoms with Gasteiger partial charge in [-0.15, -0.1) is 0 Å². The van der Waals surface area contributed by atoms with Crippen LogP contribution in [0, 0.1) is 0 Å². The lowest BCUT2D eigenvalue weighted by atomic mass is 9.87. The third-order valence-corrected chi connectivity index (χ3v) is 3.73. The first kappa shape index (κ1) is 15.2. The molecule has 0 atom stereocenters. The molecule has 0 saturated carbocycles. The minimum atomic E-state index is 0.148. The topological polar surface area (TPSA) is 9.23 Å². The molecule has 106 valence electrons. The zero-order valence-corrected chi connectivity index (χ0v) is 13.4. The molecule has 0 aliphatic rings. The first-order valence-electron chi connectivity index (χ1n) is 6.53. The molecule has 2 rings (SSSR count). The standard InChI is InChI=1S/C17H18Cl2O/c1-17(2,3)13-4-7-15(8-5-13)20-11-12-10-14(18)6-9-16(12)19/h4-10H,11H2,1-3H3. The second-order valence-electron chi connectivity index (χ2n) is 5.80. The highest BCUT2D eigenvalue weighted by Gasteiger charge is 2.13. The molecule has 20 heavy (non-hydrogen) atoms. The molecule has 2 aromatic rings. The largest absolute Gasteiger partial charge is 0.489 e. The van der Waals surface area contributed by atoms with Crippen molar-refractivity contribution in [2.45, 2.75) is 32.8 Å². The first-order valence-corrected chi connectivity index (χ1v) is 7.29. The second-order valence-corrected chi connectivity index (χ2v) is 6.64. The van der Waals surface area contributed by atoms with E-state index in [4.69, 9.17) is 27.9 Å². The van der Waals surface area contributed by atoms with Gasteiger partial charge in [-0.25, -0.2) is 0 Å². The molecule has 0 N–H and O–H groups in total. The fourth-order valence-corrected chi connectivity index (χ4v) is 2.23. The lowest BCUT2D eigenvalue weighted by Gasteiger charge is -2.19. The van der Waals surface area contributed by atoms with Crippen LogP contribution in [0.5, 0.6) is 5.75 Å². The Hall–Kier alpha value is -1.18. The highest BCUT2D eigenvalue weighted by Crippen LogP contribution is 2.26. The molecular weight excluding hydrogens is 291 g/mol. The van der Waals surface area contributed by atoms with E-state index < -0.39 is 0 Å². The predicted molar refractivity (Wildman–Crippen MR) is 85.9 cm³/mol. The van der Waals surface area contributed by atoms with Crippen LogP contribution in [0.25, 0.3) is 0 Å². The van der Waals surface area contributed by atoms with Crippen molar-refractivity contribution in [3.63, 3.8) is 0 Å². The molecule has 0 bridgehead atoms. The van der Waals surface area contributed by atoms with Crippen LogP contribution in [0.4, 0.5) is 0 Å². The van der Waals surface area contributed by atoms with Crippen molar-refractivity contribution in [3.8, 4) is 5.75 Å². The number of ether oxygens (including phenoxy) is 1. The first-order chi connectivity index (χ1) is 9.36. The molecule has 0 fully saturated rings. The van der Waals surface area contributed by atoms with Gasteiger partial charge in [0.25, 0.3) is 0 Å². The van der Waals surface area contributed by atoms with Gasteiger partial charge in [0, 0.05) is 15.6 Å². The molecule has 0 unspecified atom stereocenters. The summed E-state index contributed by atoms with van der Waals surface area (Å²) < 4.78 is 5.75. The summed E-state index contributed by atoms with van der Waals surface area (Å²) in [6, 6.07) is 13.5. The van der Waals surface area contributed by atoms with Crippen LogP contribution >= 0.6 is 23.2 Å². The van der Waals surface area contributed by atoms with Crippen molar-refractivity contribution < 1.29 is 4.74 Å². The summed E-state index contributed by atoms with van der Waals surface area (Å²) in [5.41, 5.74) is 2.32. The monoisotopic (exact) mass is 308 g/mol. The molecule has 0 amide bonds. The van der Waals surface area contributed by atoms with E-state index in [2.05, 4.69) is 32.9 Å². The molecule has 1 nitrogen and oxygen atoms in total. The number of benzene rings is 2. The van der Waals surface area contributed by atoms with Gasteiger partial charge < -0.3 is 4.74 Å². The Morgan fingerprint density at radius 1 is 0.950 bits per heavy atom. The predicted octanol–water partition coefficient (Wildman–Crippen LogP) is 5.87. The Morgan fingerprint density at radius 2 is 1.60 bits per heavy atom. The van der Waals surface area contributed by atoms with Crippen LogP contribution in [0.2, 0.25) is 10.0 Å². The Morgan fingerprint density at radius 3 is 2.20 bits per heavy atom. The van der Waals surface area contributed by atoms with Gasteiger partial charge in [-0.1, -0.05) is 56.1 Å². The zero-order chi connectivity index (χ0) is 14.8. The molecule has 0 saturated heterocycles.